The number of hydrogen-bond donors (Lipinski definition) is 2. The van der Waals surface area contributed by atoms with E-state index < -0.39 is 0 Å². The maximum Gasteiger partial charge on any atom is 0.103 e. The van der Waals surface area contributed by atoms with Gasteiger partial charge in [-0.25, -0.2) is 0 Å². The van der Waals surface area contributed by atoms with Gasteiger partial charge in [0.15, 0.2) is 0 Å². The highest BCUT2D eigenvalue weighted by atomic mass is 32.1. The number of morpholine rings is 1. The van der Waals surface area contributed by atoms with Gasteiger partial charge in [0.05, 0.1) is 13.2 Å². The Bertz CT molecular complexity index is 504. The van der Waals surface area contributed by atoms with E-state index in [1.807, 2.05) is 0 Å². The van der Waals surface area contributed by atoms with Crippen molar-refractivity contribution in [1.29, 1.82) is 0 Å². The van der Waals surface area contributed by atoms with Crippen LogP contribution in [-0.2, 0) is 17.8 Å². The molecule has 3 nitrogen and oxygen atoms in total. The molecule has 0 aliphatic carbocycles. The van der Waals surface area contributed by atoms with Crippen LogP contribution in [0.3, 0.4) is 0 Å². The quantitative estimate of drug-likeness (QED) is 0.877. The second kappa shape index (κ2) is 6.88. The summed E-state index contributed by atoms with van der Waals surface area (Å²) < 4.78 is 5.39. The van der Waals surface area contributed by atoms with Crippen molar-refractivity contribution in [3.63, 3.8) is 0 Å². The maximum absolute atomic E-state index is 5.39. The van der Waals surface area contributed by atoms with Gasteiger partial charge in [-0.1, -0.05) is 18.2 Å². The normalized spacial score (nSPS) is 16.2. The molecular formula is C16H21N2OS+. The molecule has 0 amide bonds. The SMILES string of the molecule is c1csc(CNc2ccc(C[NH+]3CCOCC3)cc2)c1. The molecule has 1 aromatic carbocycles. The predicted octanol–water partition coefficient (Wildman–Crippen LogP) is 1.78. The molecule has 0 bridgehead atoms. The Kier molecular flexibility index (Phi) is 4.69. The van der Waals surface area contributed by atoms with Gasteiger partial charge in [-0.05, 0) is 23.6 Å². The third kappa shape index (κ3) is 3.82. The van der Waals surface area contributed by atoms with Crippen LogP contribution in [0.15, 0.2) is 41.8 Å². The molecule has 0 spiro atoms. The molecule has 2 N–H and O–H groups in total. The second-order valence-corrected chi connectivity index (χ2v) is 6.20. The molecule has 1 aliphatic heterocycles. The summed E-state index contributed by atoms with van der Waals surface area (Å²) in [5, 5.41) is 5.58. The molecule has 1 saturated heterocycles. The number of hydrogen-bond acceptors (Lipinski definition) is 3. The van der Waals surface area contributed by atoms with Crippen LogP contribution in [-0.4, -0.2) is 26.3 Å². The number of anilines is 1. The fraction of sp³-hybridized carbons (Fsp3) is 0.375. The molecule has 1 fully saturated rings. The summed E-state index contributed by atoms with van der Waals surface area (Å²) in [5.74, 6) is 0. The maximum atomic E-state index is 5.39. The molecule has 1 aliphatic rings. The largest absolute Gasteiger partial charge is 0.380 e. The molecule has 0 unspecified atom stereocenters. The van der Waals surface area contributed by atoms with E-state index in [0.717, 1.165) is 39.4 Å². The first-order valence-electron chi connectivity index (χ1n) is 7.17. The molecule has 106 valence electrons. The number of ether oxygens (including phenoxy) is 1. The average molecular weight is 289 g/mol. The highest BCUT2D eigenvalue weighted by molar-refractivity contribution is 7.09. The highest BCUT2D eigenvalue weighted by Crippen LogP contribution is 2.13. The van der Waals surface area contributed by atoms with Crippen LogP contribution in [0, 0.1) is 0 Å². The third-order valence-corrected chi connectivity index (χ3v) is 4.53. The van der Waals surface area contributed by atoms with Crippen LogP contribution in [0.25, 0.3) is 0 Å². The first-order valence-corrected chi connectivity index (χ1v) is 8.04. The van der Waals surface area contributed by atoms with E-state index >= 15 is 0 Å². The van der Waals surface area contributed by atoms with Gasteiger partial charge in [-0.2, -0.15) is 0 Å². The zero-order valence-corrected chi connectivity index (χ0v) is 12.4. The first kappa shape index (κ1) is 13.6. The standard InChI is InChI=1S/C16H20N2OS/c1-2-16(20-11-1)12-17-15-5-3-14(4-6-15)13-18-7-9-19-10-8-18/h1-6,11,17H,7-10,12-13H2/p+1. The van der Waals surface area contributed by atoms with Crippen molar-refractivity contribution in [2.75, 3.05) is 31.6 Å². The highest BCUT2D eigenvalue weighted by Gasteiger charge is 2.13. The van der Waals surface area contributed by atoms with E-state index in [-0.39, 0.29) is 0 Å². The van der Waals surface area contributed by atoms with E-state index in [9.17, 15) is 0 Å². The van der Waals surface area contributed by atoms with Gasteiger partial charge in [0.1, 0.15) is 19.6 Å². The summed E-state index contributed by atoms with van der Waals surface area (Å²) >= 11 is 1.79. The summed E-state index contributed by atoms with van der Waals surface area (Å²) in [6, 6.07) is 13.1. The van der Waals surface area contributed by atoms with Crippen LogP contribution < -0.4 is 10.2 Å². The van der Waals surface area contributed by atoms with Crippen molar-refractivity contribution in [2.45, 2.75) is 13.1 Å². The number of nitrogens with one attached hydrogen (secondary N) is 2. The Hall–Kier alpha value is -1.36. The minimum atomic E-state index is 0.899. The summed E-state index contributed by atoms with van der Waals surface area (Å²) in [6.07, 6.45) is 0. The lowest BCUT2D eigenvalue weighted by atomic mass is 10.2. The van der Waals surface area contributed by atoms with Crippen molar-refractivity contribution >= 4 is 17.0 Å². The lowest BCUT2D eigenvalue weighted by Gasteiger charge is -2.23. The summed E-state index contributed by atoms with van der Waals surface area (Å²) in [6.45, 7) is 6.06. The number of benzene rings is 1. The van der Waals surface area contributed by atoms with E-state index in [1.54, 1.807) is 16.2 Å². The van der Waals surface area contributed by atoms with E-state index in [0.29, 0.717) is 0 Å². The van der Waals surface area contributed by atoms with Crippen molar-refractivity contribution in [3.8, 4) is 0 Å². The molecule has 3 rings (SSSR count). The van der Waals surface area contributed by atoms with Crippen LogP contribution >= 0.6 is 11.3 Å². The molecular weight excluding hydrogens is 268 g/mol. The first-order chi connectivity index (χ1) is 9.90. The van der Waals surface area contributed by atoms with Gasteiger partial charge >= 0.3 is 0 Å². The van der Waals surface area contributed by atoms with Crippen molar-refractivity contribution < 1.29 is 9.64 Å². The lowest BCUT2D eigenvalue weighted by molar-refractivity contribution is -0.921. The molecule has 2 heterocycles. The minimum absolute atomic E-state index is 0.899. The summed E-state index contributed by atoms with van der Waals surface area (Å²) in [5.41, 5.74) is 2.60. The molecule has 0 saturated carbocycles. The van der Waals surface area contributed by atoms with Gasteiger partial charge in [0.2, 0.25) is 0 Å². The monoisotopic (exact) mass is 289 g/mol. The Morgan fingerprint density at radius 2 is 1.90 bits per heavy atom. The lowest BCUT2D eigenvalue weighted by Crippen LogP contribution is -3.12. The molecule has 1 aromatic heterocycles. The fourth-order valence-electron chi connectivity index (χ4n) is 2.47. The van der Waals surface area contributed by atoms with Crippen LogP contribution in [0.2, 0.25) is 0 Å². The van der Waals surface area contributed by atoms with Crippen molar-refractivity contribution in [2.24, 2.45) is 0 Å². The van der Waals surface area contributed by atoms with Gasteiger partial charge in [0.25, 0.3) is 0 Å². The Balaban J connectivity index is 1.51. The van der Waals surface area contributed by atoms with E-state index in [4.69, 9.17) is 4.74 Å². The fourth-order valence-corrected chi connectivity index (χ4v) is 3.11. The number of quaternary nitrogens is 1. The molecule has 20 heavy (non-hydrogen) atoms. The molecule has 0 atom stereocenters. The third-order valence-electron chi connectivity index (χ3n) is 3.65. The van der Waals surface area contributed by atoms with Gasteiger partial charge in [-0.3, -0.25) is 0 Å². The molecule has 2 aromatic rings. The summed E-state index contributed by atoms with van der Waals surface area (Å²) in [7, 11) is 0. The number of rotatable bonds is 5. The van der Waals surface area contributed by atoms with Gasteiger partial charge in [-0.15, -0.1) is 11.3 Å². The second-order valence-electron chi connectivity index (χ2n) is 5.17. The van der Waals surface area contributed by atoms with Crippen molar-refractivity contribution in [3.05, 3.63) is 52.2 Å². The predicted molar refractivity (Wildman–Crippen MR) is 83.3 cm³/mol. The van der Waals surface area contributed by atoms with Gasteiger partial charge < -0.3 is 15.0 Å². The Morgan fingerprint density at radius 1 is 1.10 bits per heavy atom. The molecule has 4 heteroatoms. The van der Waals surface area contributed by atoms with E-state index in [2.05, 4.69) is 47.1 Å². The zero-order valence-electron chi connectivity index (χ0n) is 11.6. The zero-order chi connectivity index (χ0) is 13.6. The Labute approximate surface area is 124 Å². The van der Waals surface area contributed by atoms with E-state index in [1.165, 1.54) is 16.1 Å². The van der Waals surface area contributed by atoms with Crippen molar-refractivity contribution in [1.82, 2.24) is 0 Å². The average Bonchev–Trinajstić information content (AvgIpc) is 3.01. The van der Waals surface area contributed by atoms with Gasteiger partial charge in [0, 0.05) is 22.7 Å². The number of thiophene rings is 1. The van der Waals surface area contributed by atoms with Crippen LogP contribution in [0.4, 0.5) is 5.69 Å². The molecule has 0 radical (unpaired) electrons. The Morgan fingerprint density at radius 3 is 2.60 bits per heavy atom. The minimum Gasteiger partial charge on any atom is -0.380 e. The topological polar surface area (TPSA) is 25.7 Å². The van der Waals surface area contributed by atoms with Crippen LogP contribution in [0.1, 0.15) is 10.4 Å². The summed E-state index contributed by atoms with van der Waals surface area (Å²) in [4.78, 5) is 2.99. The van der Waals surface area contributed by atoms with Crippen LogP contribution in [0.5, 0.6) is 0 Å². The smallest absolute Gasteiger partial charge is 0.103 e.